The summed E-state index contributed by atoms with van der Waals surface area (Å²) in [6.45, 7) is -0.0586. The largest absolute Gasteiger partial charge is 0.480 e. The molecular formula is C29H28N4O6. The minimum Gasteiger partial charge on any atom is -0.480 e. The van der Waals surface area contributed by atoms with Crippen LogP contribution in [0.25, 0.3) is 10.8 Å². The molecule has 0 saturated carbocycles. The van der Waals surface area contributed by atoms with Gasteiger partial charge in [-0.2, -0.15) is 0 Å². The normalized spacial score (nSPS) is 21.8. The second kappa shape index (κ2) is 11.3. The van der Waals surface area contributed by atoms with Crippen LogP contribution in [0.15, 0.2) is 79.0 Å². The summed E-state index contributed by atoms with van der Waals surface area (Å²) in [6, 6.07) is 15.4. The Morgan fingerprint density at radius 1 is 0.974 bits per heavy atom. The van der Waals surface area contributed by atoms with Gasteiger partial charge in [-0.25, -0.2) is 9.59 Å². The quantitative estimate of drug-likeness (QED) is 0.487. The number of aromatic nitrogens is 1. The Morgan fingerprint density at radius 2 is 1.72 bits per heavy atom. The van der Waals surface area contributed by atoms with Gasteiger partial charge >= 0.3 is 12.1 Å². The molecule has 0 unspecified atom stereocenters. The van der Waals surface area contributed by atoms with Crippen LogP contribution in [-0.4, -0.2) is 75.0 Å². The molecule has 5 rings (SSSR count). The molecule has 10 nitrogen and oxygen atoms in total. The van der Waals surface area contributed by atoms with Crippen LogP contribution in [-0.2, 0) is 20.9 Å². The highest BCUT2D eigenvalue weighted by Crippen LogP contribution is 2.25. The standard InChI is InChI=1S/C29H28N4O6/c34-26(25-22-12-6-4-10-20(22)14-15-30-25)31-23-13-7-5-11-21-16-32(17-24(28(36)37)33(21)27(23)35)29(38)39-18-19-8-2-1-3-9-19/h1-10,12,14-15,21,23-24H,11,13,16-18H2,(H,31,34)(H,36,37)/b7-5-/t21-,23-,24-/m0/s1. The number of amides is 3. The van der Waals surface area contributed by atoms with Gasteiger partial charge in [-0.1, -0.05) is 66.7 Å². The van der Waals surface area contributed by atoms with Gasteiger partial charge in [0.15, 0.2) is 0 Å². The summed E-state index contributed by atoms with van der Waals surface area (Å²) in [5.74, 6) is -2.27. The summed E-state index contributed by atoms with van der Waals surface area (Å²) >= 11 is 0. The van der Waals surface area contributed by atoms with Crippen LogP contribution in [0.4, 0.5) is 4.79 Å². The smallest absolute Gasteiger partial charge is 0.410 e. The van der Waals surface area contributed by atoms with E-state index in [1.54, 1.807) is 24.3 Å². The molecule has 200 valence electrons. The van der Waals surface area contributed by atoms with E-state index in [1.807, 2.05) is 48.5 Å². The summed E-state index contributed by atoms with van der Waals surface area (Å²) in [4.78, 5) is 59.0. The zero-order chi connectivity index (χ0) is 27.4. The van der Waals surface area contributed by atoms with Gasteiger partial charge in [0.05, 0.1) is 12.6 Å². The number of hydrogen-bond acceptors (Lipinski definition) is 6. The van der Waals surface area contributed by atoms with E-state index in [2.05, 4.69) is 10.3 Å². The Labute approximate surface area is 224 Å². The van der Waals surface area contributed by atoms with Crippen molar-refractivity contribution in [1.82, 2.24) is 20.1 Å². The number of benzene rings is 2. The molecule has 2 aromatic carbocycles. The highest BCUT2D eigenvalue weighted by molar-refractivity contribution is 6.06. The van der Waals surface area contributed by atoms with E-state index in [1.165, 1.54) is 16.0 Å². The molecule has 0 bridgehead atoms. The molecule has 39 heavy (non-hydrogen) atoms. The lowest BCUT2D eigenvalue weighted by Crippen LogP contribution is -2.66. The summed E-state index contributed by atoms with van der Waals surface area (Å²) in [7, 11) is 0. The highest BCUT2D eigenvalue weighted by atomic mass is 16.6. The third kappa shape index (κ3) is 5.59. The molecule has 3 amide bonds. The van der Waals surface area contributed by atoms with Crippen LogP contribution in [0.1, 0.15) is 28.9 Å². The number of carboxylic acids is 1. The molecule has 0 radical (unpaired) electrons. The molecule has 1 aromatic heterocycles. The Morgan fingerprint density at radius 3 is 2.51 bits per heavy atom. The SMILES string of the molecule is O=C(N[C@H]1C/C=C\C[C@H]2CN(C(=O)OCc3ccccc3)C[C@@H](C(=O)O)N2C1=O)c1nccc2ccccc12. The second-order valence-corrected chi connectivity index (χ2v) is 9.55. The number of carboxylic acid groups (broad SMARTS) is 1. The van der Waals surface area contributed by atoms with Crippen molar-refractivity contribution in [2.45, 2.75) is 37.6 Å². The first kappa shape index (κ1) is 25.9. The van der Waals surface area contributed by atoms with E-state index < -0.39 is 42.0 Å². The van der Waals surface area contributed by atoms with Gasteiger partial charge < -0.3 is 25.0 Å². The van der Waals surface area contributed by atoms with Crippen LogP contribution >= 0.6 is 0 Å². The summed E-state index contributed by atoms with van der Waals surface area (Å²) < 4.78 is 5.42. The van der Waals surface area contributed by atoms with Crippen LogP contribution in [0.3, 0.4) is 0 Å². The number of piperazine rings is 1. The van der Waals surface area contributed by atoms with Crippen molar-refractivity contribution in [2.75, 3.05) is 13.1 Å². The Balaban J connectivity index is 1.33. The fourth-order valence-electron chi connectivity index (χ4n) is 5.06. The first-order chi connectivity index (χ1) is 18.9. The molecule has 3 aromatic rings. The first-order valence-electron chi connectivity index (χ1n) is 12.7. The minimum absolute atomic E-state index is 0.0530. The van der Waals surface area contributed by atoms with Gasteiger partial charge in [-0.3, -0.25) is 14.6 Å². The molecule has 2 N–H and O–H groups in total. The van der Waals surface area contributed by atoms with Crippen molar-refractivity contribution in [3.63, 3.8) is 0 Å². The van der Waals surface area contributed by atoms with Gasteiger partial charge in [0.2, 0.25) is 5.91 Å². The number of rotatable bonds is 5. The lowest BCUT2D eigenvalue weighted by atomic mass is 9.97. The zero-order valence-electron chi connectivity index (χ0n) is 21.1. The number of nitrogens with zero attached hydrogens (tertiary/aromatic N) is 3. The van der Waals surface area contributed by atoms with Crippen molar-refractivity contribution >= 4 is 34.6 Å². The van der Waals surface area contributed by atoms with Crippen molar-refractivity contribution in [2.24, 2.45) is 0 Å². The lowest BCUT2D eigenvalue weighted by Gasteiger charge is -2.46. The Bertz CT molecular complexity index is 1420. The maximum atomic E-state index is 13.7. The van der Waals surface area contributed by atoms with Gasteiger partial charge in [-0.15, -0.1) is 0 Å². The monoisotopic (exact) mass is 528 g/mol. The molecule has 1 saturated heterocycles. The maximum absolute atomic E-state index is 13.7. The number of pyridine rings is 1. The van der Waals surface area contributed by atoms with Crippen molar-refractivity contribution < 1.29 is 29.0 Å². The predicted octanol–water partition coefficient (Wildman–Crippen LogP) is 2.99. The number of aliphatic carboxylic acids is 1. The summed E-state index contributed by atoms with van der Waals surface area (Å²) in [6.07, 6.45) is 5.09. The minimum atomic E-state index is -1.29. The van der Waals surface area contributed by atoms with E-state index in [-0.39, 0.29) is 31.8 Å². The number of ether oxygens (including phenoxy) is 1. The van der Waals surface area contributed by atoms with Gasteiger partial charge in [0, 0.05) is 18.1 Å². The third-order valence-corrected chi connectivity index (χ3v) is 7.00. The van der Waals surface area contributed by atoms with Crippen molar-refractivity contribution in [3.05, 3.63) is 90.3 Å². The molecule has 0 spiro atoms. The average Bonchev–Trinajstić information content (AvgIpc) is 2.95. The zero-order valence-corrected chi connectivity index (χ0v) is 21.1. The van der Waals surface area contributed by atoms with Gasteiger partial charge in [0.1, 0.15) is 24.4 Å². The average molecular weight is 529 g/mol. The number of fused-ring (bicyclic) bond motifs is 2. The maximum Gasteiger partial charge on any atom is 0.410 e. The Hall–Kier alpha value is -4.73. The van der Waals surface area contributed by atoms with Gasteiger partial charge in [-0.05, 0) is 29.9 Å². The molecule has 3 atom stereocenters. The van der Waals surface area contributed by atoms with Crippen molar-refractivity contribution in [1.29, 1.82) is 0 Å². The number of nitrogens with one attached hydrogen (secondary N) is 1. The van der Waals surface area contributed by atoms with Crippen LogP contribution in [0, 0.1) is 0 Å². The van der Waals surface area contributed by atoms with Crippen LogP contribution < -0.4 is 5.32 Å². The first-order valence-corrected chi connectivity index (χ1v) is 12.7. The van der Waals surface area contributed by atoms with Crippen molar-refractivity contribution in [3.8, 4) is 0 Å². The topological polar surface area (TPSA) is 129 Å². The number of carbonyl (C=O) groups is 4. The molecule has 2 aliphatic heterocycles. The lowest BCUT2D eigenvalue weighted by molar-refractivity contribution is -0.157. The molecule has 1 fully saturated rings. The summed E-state index contributed by atoms with van der Waals surface area (Å²) in [5, 5.41) is 14.3. The fraction of sp³-hybridized carbons (Fsp3) is 0.276. The van der Waals surface area contributed by atoms with Gasteiger partial charge in [0.25, 0.3) is 5.91 Å². The molecular weight excluding hydrogens is 500 g/mol. The fourth-order valence-corrected chi connectivity index (χ4v) is 5.06. The van der Waals surface area contributed by atoms with E-state index in [0.717, 1.165) is 10.9 Å². The predicted molar refractivity (Wildman–Crippen MR) is 142 cm³/mol. The number of hydrogen-bond donors (Lipinski definition) is 2. The second-order valence-electron chi connectivity index (χ2n) is 9.55. The molecule has 3 heterocycles. The molecule has 10 heteroatoms. The summed E-state index contributed by atoms with van der Waals surface area (Å²) in [5.41, 5.74) is 0.992. The van der Waals surface area contributed by atoms with E-state index in [4.69, 9.17) is 4.74 Å². The molecule has 0 aliphatic carbocycles. The Kier molecular flexibility index (Phi) is 7.53. The van der Waals surface area contributed by atoms with Crippen LogP contribution in [0.5, 0.6) is 0 Å². The van der Waals surface area contributed by atoms with E-state index in [9.17, 15) is 24.3 Å². The third-order valence-electron chi connectivity index (χ3n) is 7.00. The van der Waals surface area contributed by atoms with Crippen LogP contribution in [0.2, 0.25) is 0 Å². The van der Waals surface area contributed by atoms with E-state index >= 15 is 0 Å². The highest BCUT2D eigenvalue weighted by Gasteiger charge is 2.45. The molecule has 2 aliphatic rings. The number of carbonyl (C=O) groups excluding carboxylic acids is 3. The van der Waals surface area contributed by atoms with E-state index in [0.29, 0.717) is 11.8 Å².